The maximum Gasteiger partial charge on any atom is 0.0822 e. The van der Waals surface area contributed by atoms with Gasteiger partial charge in [-0.3, -0.25) is 4.98 Å². The molecule has 0 aliphatic rings. The van der Waals surface area contributed by atoms with E-state index in [-0.39, 0.29) is 5.41 Å². The zero-order chi connectivity index (χ0) is 17.3. The molecule has 0 atom stereocenters. The SMILES string of the molecule is Cc1cn2c3ccccc3c3nccc4cc(CC(C)(C)C)c1c2c43. The number of benzene rings is 2. The van der Waals surface area contributed by atoms with Crippen molar-refractivity contribution in [3.63, 3.8) is 0 Å². The van der Waals surface area contributed by atoms with E-state index in [1.54, 1.807) is 0 Å². The zero-order valence-electron chi connectivity index (χ0n) is 15.2. The largest absolute Gasteiger partial charge is 0.315 e. The van der Waals surface area contributed by atoms with Gasteiger partial charge in [0.05, 0.1) is 16.6 Å². The van der Waals surface area contributed by atoms with Gasteiger partial charge in [-0.1, -0.05) is 45.0 Å². The third-order valence-corrected chi connectivity index (χ3v) is 5.21. The van der Waals surface area contributed by atoms with Crippen LogP contribution in [0.3, 0.4) is 0 Å². The Hall–Kier alpha value is -2.61. The highest BCUT2D eigenvalue weighted by Crippen LogP contribution is 2.40. The Morgan fingerprint density at radius 3 is 2.64 bits per heavy atom. The number of para-hydroxylation sites is 1. The number of hydrogen-bond acceptors (Lipinski definition) is 1. The third-order valence-electron chi connectivity index (χ3n) is 5.21. The summed E-state index contributed by atoms with van der Waals surface area (Å²) in [7, 11) is 0. The second-order valence-corrected chi connectivity index (χ2v) is 8.45. The number of nitrogens with zero attached hydrogens (tertiary/aromatic N) is 2. The summed E-state index contributed by atoms with van der Waals surface area (Å²) in [5.41, 5.74) is 6.74. The highest BCUT2D eigenvalue weighted by Gasteiger charge is 2.21. The van der Waals surface area contributed by atoms with Crippen LogP contribution < -0.4 is 0 Å². The van der Waals surface area contributed by atoms with Crippen molar-refractivity contribution in [1.82, 2.24) is 9.38 Å². The molecule has 0 aliphatic carbocycles. The average Bonchev–Trinajstić information content (AvgIpc) is 2.91. The van der Waals surface area contributed by atoms with Gasteiger partial charge in [0.2, 0.25) is 0 Å². The van der Waals surface area contributed by atoms with E-state index in [0.717, 1.165) is 11.9 Å². The third kappa shape index (κ3) is 2.00. The van der Waals surface area contributed by atoms with Crippen LogP contribution in [-0.2, 0) is 6.42 Å². The Labute approximate surface area is 147 Å². The van der Waals surface area contributed by atoms with Gasteiger partial charge in [-0.25, -0.2) is 0 Å². The van der Waals surface area contributed by atoms with Crippen LogP contribution in [0.25, 0.3) is 38.1 Å². The summed E-state index contributed by atoms with van der Waals surface area (Å²) in [6.07, 6.45) is 5.32. The zero-order valence-corrected chi connectivity index (χ0v) is 15.2. The fraction of sp³-hybridized carbons (Fsp3) is 0.261. The van der Waals surface area contributed by atoms with Crippen molar-refractivity contribution in [2.75, 3.05) is 0 Å². The molecule has 2 aromatic carbocycles. The van der Waals surface area contributed by atoms with Crippen molar-refractivity contribution < 1.29 is 0 Å². The summed E-state index contributed by atoms with van der Waals surface area (Å²) in [5, 5.41) is 5.22. The molecule has 0 N–H and O–H groups in total. The monoisotopic (exact) mass is 326 g/mol. The lowest BCUT2D eigenvalue weighted by Gasteiger charge is -2.21. The van der Waals surface area contributed by atoms with Crippen molar-refractivity contribution in [3.05, 3.63) is 59.9 Å². The van der Waals surface area contributed by atoms with Gasteiger partial charge in [-0.05, 0) is 47.4 Å². The summed E-state index contributed by atoms with van der Waals surface area (Å²) >= 11 is 0. The lowest BCUT2D eigenvalue weighted by Crippen LogP contribution is -2.09. The normalized spacial score (nSPS) is 13.0. The Morgan fingerprint density at radius 1 is 1.04 bits per heavy atom. The van der Waals surface area contributed by atoms with E-state index in [0.29, 0.717) is 0 Å². The van der Waals surface area contributed by atoms with Crippen LogP contribution in [0.5, 0.6) is 0 Å². The van der Waals surface area contributed by atoms with E-state index in [4.69, 9.17) is 4.98 Å². The second kappa shape index (κ2) is 4.72. The smallest absolute Gasteiger partial charge is 0.0822 e. The molecule has 0 saturated heterocycles. The first-order chi connectivity index (χ1) is 11.9. The number of aryl methyl sites for hydroxylation is 1. The number of pyridine rings is 2. The average molecular weight is 326 g/mol. The first-order valence-corrected chi connectivity index (χ1v) is 8.96. The number of aromatic nitrogens is 2. The first kappa shape index (κ1) is 14.7. The highest BCUT2D eigenvalue weighted by molar-refractivity contribution is 6.22. The highest BCUT2D eigenvalue weighted by atomic mass is 14.9. The van der Waals surface area contributed by atoms with Crippen molar-refractivity contribution >= 4 is 38.1 Å². The van der Waals surface area contributed by atoms with Gasteiger partial charge in [0.1, 0.15) is 0 Å². The predicted molar refractivity (Wildman–Crippen MR) is 107 cm³/mol. The summed E-state index contributed by atoms with van der Waals surface area (Å²) in [4.78, 5) is 4.76. The fourth-order valence-corrected chi connectivity index (χ4v) is 4.38. The quantitative estimate of drug-likeness (QED) is 0.267. The Kier molecular flexibility index (Phi) is 2.78. The van der Waals surface area contributed by atoms with E-state index < -0.39 is 0 Å². The number of hydrogen-bond donors (Lipinski definition) is 0. The molecule has 3 heterocycles. The number of fused-ring (bicyclic) bond motifs is 3. The molecule has 0 aliphatic heterocycles. The molecule has 0 fully saturated rings. The Morgan fingerprint density at radius 2 is 1.84 bits per heavy atom. The van der Waals surface area contributed by atoms with Crippen molar-refractivity contribution in [2.45, 2.75) is 34.1 Å². The Bertz CT molecular complexity index is 1250. The molecular formula is C23H22N2. The molecule has 5 rings (SSSR count). The van der Waals surface area contributed by atoms with E-state index in [2.05, 4.69) is 74.7 Å². The van der Waals surface area contributed by atoms with Gasteiger partial charge >= 0.3 is 0 Å². The summed E-state index contributed by atoms with van der Waals surface area (Å²) in [6, 6.07) is 13.2. The topological polar surface area (TPSA) is 17.3 Å². The van der Waals surface area contributed by atoms with E-state index in [1.165, 1.54) is 43.7 Å². The van der Waals surface area contributed by atoms with Crippen LogP contribution in [-0.4, -0.2) is 9.38 Å². The molecule has 2 nitrogen and oxygen atoms in total. The van der Waals surface area contributed by atoms with Crippen LogP contribution >= 0.6 is 0 Å². The molecule has 0 radical (unpaired) electrons. The molecule has 0 bridgehead atoms. The molecule has 2 heteroatoms. The van der Waals surface area contributed by atoms with Crippen LogP contribution in [0, 0.1) is 12.3 Å². The Balaban J connectivity index is 2.09. The van der Waals surface area contributed by atoms with Gasteiger partial charge in [-0.2, -0.15) is 0 Å². The van der Waals surface area contributed by atoms with Crippen molar-refractivity contribution in [2.24, 2.45) is 5.41 Å². The summed E-state index contributed by atoms with van der Waals surface area (Å²) in [6.45, 7) is 9.18. The molecule has 3 aromatic heterocycles. The second-order valence-electron chi connectivity index (χ2n) is 8.45. The van der Waals surface area contributed by atoms with Crippen LogP contribution in [0.1, 0.15) is 31.9 Å². The standard InChI is InChI=1S/C23H22N2/c1-14-13-25-18-8-6-5-7-17(18)21-20-15(9-10-24-21)11-16(12-23(2,3)4)19(14)22(20)25/h5-11,13H,12H2,1-4H3. The number of rotatable bonds is 1. The fourth-order valence-electron chi connectivity index (χ4n) is 4.38. The molecule has 0 amide bonds. The van der Waals surface area contributed by atoms with E-state index in [1.807, 2.05) is 6.20 Å². The minimum atomic E-state index is 0.257. The molecule has 0 unspecified atom stereocenters. The lowest BCUT2D eigenvalue weighted by atomic mass is 9.85. The van der Waals surface area contributed by atoms with E-state index in [9.17, 15) is 0 Å². The van der Waals surface area contributed by atoms with E-state index >= 15 is 0 Å². The minimum absolute atomic E-state index is 0.257. The van der Waals surface area contributed by atoms with Gasteiger partial charge in [0.25, 0.3) is 0 Å². The molecule has 5 aromatic rings. The summed E-state index contributed by atoms with van der Waals surface area (Å²) in [5.74, 6) is 0. The van der Waals surface area contributed by atoms with Gasteiger partial charge < -0.3 is 4.40 Å². The molecule has 124 valence electrons. The molecular weight excluding hydrogens is 304 g/mol. The van der Waals surface area contributed by atoms with Crippen molar-refractivity contribution in [1.29, 1.82) is 0 Å². The van der Waals surface area contributed by atoms with Gasteiger partial charge in [-0.15, -0.1) is 0 Å². The van der Waals surface area contributed by atoms with Crippen LogP contribution in [0.15, 0.2) is 48.8 Å². The van der Waals surface area contributed by atoms with Gasteiger partial charge in [0.15, 0.2) is 0 Å². The summed E-state index contributed by atoms with van der Waals surface area (Å²) < 4.78 is 2.38. The maximum atomic E-state index is 4.76. The maximum absolute atomic E-state index is 4.76. The van der Waals surface area contributed by atoms with Crippen LogP contribution in [0.2, 0.25) is 0 Å². The minimum Gasteiger partial charge on any atom is -0.315 e. The van der Waals surface area contributed by atoms with Gasteiger partial charge in [0, 0.05) is 28.6 Å². The first-order valence-electron chi connectivity index (χ1n) is 8.96. The lowest BCUT2D eigenvalue weighted by molar-refractivity contribution is 0.413. The van der Waals surface area contributed by atoms with Crippen LogP contribution in [0.4, 0.5) is 0 Å². The molecule has 0 saturated carbocycles. The molecule has 25 heavy (non-hydrogen) atoms. The predicted octanol–water partition coefficient (Wildman–Crippen LogP) is 6.13. The molecule has 0 spiro atoms. The van der Waals surface area contributed by atoms with Crippen molar-refractivity contribution in [3.8, 4) is 0 Å².